The van der Waals surface area contributed by atoms with Gasteiger partial charge in [0.05, 0.1) is 6.42 Å². The highest BCUT2D eigenvalue weighted by molar-refractivity contribution is 5.57. The molecule has 2 heterocycles. The van der Waals surface area contributed by atoms with Crippen LogP contribution in [-0.4, -0.2) is 27.3 Å². The number of benzene rings is 1. The van der Waals surface area contributed by atoms with Crippen molar-refractivity contribution in [2.75, 3.05) is 11.9 Å². The van der Waals surface area contributed by atoms with Crippen LogP contribution in [0.1, 0.15) is 11.1 Å². The number of aryl methyl sites for hydroxylation is 1. The number of rotatable bonds is 6. The van der Waals surface area contributed by atoms with E-state index >= 15 is 0 Å². The Hall–Kier alpha value is -2.83. The normalized spacial score (nSPS) is 11.5. The van der Waals surface area contributed by atoms with Gasteiger partial charge in [0.25, 0.3) is 0 Å². The Balaban J connectivity index is 1.71. The molecule has 26 heavy (non-hydrogen) atoms. The summed E-state index contributed by atoms with van der Waals surface area (Å²) >= 11 is 0. The van der Waals surface area contributed by atoms with E-state index in [1.165, 1.54) is 6.07 Å². The van der Waals surface area contributed by atoms with Crippen LogP contribution in [0.25, 0.3) is 11.4 Å². The molecular formula is C19H19F3N4. The smallest absolute Gasteiger partial charge is 0.383 e. The number of pyridine rings is 1. The zero-order valence-electron chi connectivity index (χ0n) is 14.3. The van der Waals surface area contributed by atoms with E-state index in [9.17, 15) is 13.2 Å². The van der Waals surface area contributed by atoms with Crippen molar-refractivity contribution in [1.82, 2.24) is 14.5 Å². The molecule has 0 amide bonds. The second-order valence-electron chi connectivity index (χ2n) is 6.05. The monoisotopic (exact) mass is 360 g/mol. The summed E-state index contributed by atoms with van der Waals surface area (Å²) in [6.45, 7) is 3.28. The van der Waals surface area contributed by atoms with Crippen LogP contribution in [0.2, 0.25) is 0 Å². The molecule has 0 saturated heterocycles. The van der Waals surface area contributed by atoms with Gasteiger partial charge in [0, 0.05) is 49.1 Å². The molecule has 7 heteroatoms. The average molecular weight is 360 g/mol. The molecule has 3 aromatic rings. The maximum Gasteiger partial charge on any atom is 0.393 e. The second-order valence-corrected chi connectivity index (χ2v) is 6.05. The molecule has 1 N–H and O–H groups in total. The highest BCUT2D eigenvalue weighted by atomic mass is 19.4. The number of nitrogens with one attached hydrogen (secondary N) is 1. The predicted molar refractivity (Wildman–Crippen MR) is 94.9 cm³/mol. The van der Waals surface area contributed by atoms with Crippen LogP contribution in [0.4, 0.5) is 18.9 Å². The summed E-state index contributed by atoms with van der Waals surface area (Å²) in [6.07, 6.45) is 1.84. The molecule has 0 aliphatic carbocycles. The highest BCUT2D eigenvalue weighted by Gasteiger charge is 2.27. The van der Waals surface area contributed by atoms with Crippen molar-refractivity contribution in [2.24, 2.45) is 0 Å². The fourth-order valence-electron chi connectivity index (χ4n) is 2.78. The van der Waals surface area contributed by atoms with Crippen molar-refractivity contribution in [3.63, 3.8) is 0 Å². The number of hydrogen-bond donors (Lipinski definition) is 1. The number of aromatic nitrogens is 3. The van der Waals surface area contributed by atoms with Gasteiger partial charge >= 0.3 is 6.18 Å². The van der Waals surface area contributed by atoms with Gasteiger partial charge < -0.3 is 9.88 Å². The molecule has 0 fully saturated rings. The van der Waals surface area contributed by atoms with E-state index < -0.39 is 12.6 Å². The molecule has 4 nitrogen and oxygen atoms in total. The zero-order valence-corrected chi connectivity index (χ0v) is 14.3. The summed E-state index contributed by atoms with van der Waals surface area (Å²) in [5, 5.41) is 3.33. The zero-order chi connectivity index (χ0) is 18.6. The van der Waals surface area contributed by atoms with E-state index in [0.29, 0.717) is 24.5 Å². The van der Waals surface area contributed by atoms with Crippen molar-refractivity contribution in [2.45, 2.75) is 26.1 Å². The van der Waals surface area contributed by atoms with E-state index in [1.807, 2.05) is 23.8 Å². The van der Waals surface area contributed by atoms with Crippen molar-refractivity contribution < 1.29 is 13.2 Å². The lowest BCUT2D eigenvalue weighted by Gasteiger charge is -2.12. The van der Waals surface area contributed by atoms with Gasteiger partial charge in [-0.25, -0.2) is 4.98 Å². The minimum atomic E-state index is -4.22. The third-order valence-electron chi connectivity index (χ3n) is 3.99. The molecule has 0 atom stereocenters. The Labute approximate surface area is 149 Å². The fraction of sp³-hybridized carbons (Fsp3) is 0.263. The molecule has 0 saturated carbocycles. The molecule has 3 rings (SSSR count). The Morgan fingerprint density at radius 2 is 2.00 bits per heavy atom. The van der Waals surface area contributed by atoms with Crippen LogP contribution in [0.15, 0.2) is 55.1 Å². The van der Waals surface area contributed by atoms with Crippen LogP contribution >= 0.6 is 0 Å². The lowest BCUT2D eigenvalue weighted by atomic mass is 10.1. The molecule has 0 unspecified atom stereocenters. The number of hydrogen-bond acceptors (Lipinski definition) is 3. The van der Waals surface area contributed by atoms with Crippen molar-refractivity contribution in [3.05, 3.63) is 66.2 Å². The van der Waals surface area contributed by atoms with Gasteiger partial charge in [-0.3, -0.25) is 4.98 Å². The molecule has 2 aromatic heterocycles. The number of halogens is 3. The van der Waals surface area contributed by atoms with E-state index in [2.05, 4.69) is 15.3 Å². The Bertz CT molecular complexity index is 871. The minimum Gasteiger partial charge on any atom is -0.383 e. The topological polar surface area (TPSA) is 42.7 Å². The van der Waals surface area contributed by atoms with E-state index in [1.54, 1.807) is 36.8 Å². The first-order valence-electron chi connectivity index (χ1n) is 8.24. The van der Waals surface area contributed by atoms with Crippen LogP contribution in [0.5, 0.6) is 0 Å². The summed E-state index contributed by atoms with van der Waals surface area (Å²) in [4.78, 5) is 8.37. The van der Waals surface area contributed by atoms with E-state index in [0.717, 1.165) is 11.3 Å². The van der Waals surface area contributed by atoms with Gasteiger partial charge in [-0.05, 0) is 30.2 Å². The van der Waals surface area contributed by atoms with Crippen molar-refractivity contribution in [3.8, 4) is 11.4 Å². The van der Waals surface area contributed by atoms with Gasteiger partial charge in [-0.15, -0.1) is 0 Å². The lowest BCUT2D eigenvalue weighted by Crippen LogP contribution is -2.12. The number of nitrogens with zero attached hydrogens (tertiary/aromatic N) is 3. The Kier molecular flexibility index (Phi) is 5.25. The average Bonchev–Trinajstić information content (AvgIpc) is 3.04. The summed E-state index contributed by atoms with van der Waals surface area (Å²) in [7, 11) is 0. The van der Waals surface area contributed by atoms with Gasteiger partial charge in [0.15, 0.2) is 0 Å². The number of anilines is 1. The first kappa shape index (κ1) is 18.0. The van der Waals surface area contributed by atoms with E-state index in [4.69, 9.17) is 0 Å². The standard InChI is InChI=1S/C19H19F3N4/c1-14-13-23-6-5-17(14)24-7-9-26-10-8-25-18(26)16-4-2-3-15(11-16)12-19(20,21)22/h2-6,8,10-11,13H,7,9,12H2,1H3,(H,23,24). The molecule has 0 spiro atoms. The summed E-state index contributed by atoms with van der Waals surface area (Å²) in [5.74, 6) is 0.655. The maximum absolute atomic E-state index is 12.6. The van der Waals surface area contributed by atoms with Gasteiger partial charge in [-0.2, -0.15) is 13.2 Å². The number of alkyl halides is 3. The van der Waals surface area contributed by atoms with Gasteiger partial charge in [-0.1, -0.05) is 18.2 Å². The predicted octanol–water partition coefficient (Wildman–Crippen LogP) is 4.47. The SMILES string of the molecule is Cc1cnccc1NCCn1ccnc1-c1cccc(CC(F)(F)F)c1. The molecule has 0 aliphatic heterocycles. The summed E-state index contributed by atoms with van der Waals surface area (Å²) < 4.78 is 39.8. The second kappa shape index (κ2) is 7.59. The van der Waals surface area contributed by atoms with Crippen molar-refractivity contribution >= 4 is 5.69 Å². The Morgan fingerprint density at radius 3 is 2.77 bits per heavy atom. The third-order valence-corrected chi connectivity index (χ3v) is 3.99. The molecular weight excluding hydrogens is 341 g/mol. The van der Waals surface area contributed by atoms with E-state index in [-0.39, 0.29) is 5.56 Å². The van der Waals surface area contributed by atoms with Gasteiger partial charge in [0.2, 0.25) is 0 Å². The van der Waals surface area contributed by atoms with Crippen LogP contribution < -0.4 is 5.32 Å². The number of imidazole rings is 1. The first-order chi connectivity index (χ1) is 12.4. The lowest BCUT2D eigenvalue weighted by molar-refractivity contribution is -0.127. The first-order valence-corrected chi connectivity index (χ1v) is 8.24. The quantitative estimate of drug-likeness (QED) is 0.705. The van der Waals surface area contributed by atoms with Crippen LogP contribution in [0, 0.1) is 6.92 Å². The molecule has 136 valence electrons. The molecule has 1 aromatic carbocycles. The molecule has 0 bridgehead atoms. The molecule has 0 aliphatic rings. The minimum absolute atomic E-state index is 0.232. The fourth-order valence-corrected chi connectivity index (χ4v) is 2.78. The molecule has 0 radical (unpaired) electrons. The third kappa shape index (κ3) is 4.62. The Morgan fingerprint density at radius 1 is 1.15 bits per heavy atom. The van der Waals surface area contributed by atoms with Crippen LogP contribution in [-0.2, 0) is 13.0 Å². The highest BCUT2D eigenvalue weighted by Crippen LogP contribution is 2.25. The largest absolute Gasteiger partial charge is 0.393 e. The van der Waals surface area contributed by atoms with Crippen molar-refractivity contribution in [1.29, 1.82) is 0 Å². The summed E-state index contributed by atoms with van der Waals surface area (Å²) in [6, 6.07) is 8.35. The maximum atomic E-state index is 12.6. The van der Waals surface area contributed by atoms with Gasteiger partial charge in [0.1, 0.15) is 5.82 Å². The summed E-state index contributed by atoms with van der Waals surface area (Å²) in [5.41, 5.74) is 2.97. The van der Waals surface area contributed by atoms with Crippen LogP contribution in [0.3, 0.4) is 0 Å².